The third-order valence-electron chi connectivity index (χ3n) is 2.91. The molecule has 0 atom stereocenters. The Morgan fingerprint density at radius 3 is 1.24 bits per heavy atom. The first kappa shape index (κ1) is 32.0. The van der Waals surface area contributed by atoms with E-state index in [0.717, 1.165) is 0 Å². The van der Waals surface area contributed by atoms with Crippen molar-refractivity contribution in [2.75, 3.05) is 13.7 Å². The molecule has 204 valence electrons. The fraction of sp³-hybridized carbons (Fsp3) is 0.917. The lowest BCUT2D eigenvalue weighted by Gasteiger charge is -2.36. The Kier molecular flexibility index (Phi) is 8.71. The van der Waals surface area contributed by atoms with Crippen molar-refractivity contribution < 1.29 is 98.7 Å². The summed E-state index contributed by atoms with van der Waals surface area (Å²) in [5, 5.41) is 0. The highest BCUT2D eigenvalue weighted by Gasteiger charge is 2.78. The van der Waals surface area contributed by atoms with Gasteiger partial charge in [0.05, 0.1) is 7.11 Å². The molecule has 0 aromatic heterocycles. The molecule has 0 aromatic rings. The zero-order chi connectivity index (χ0) is 27.8. The second-order valence-corrected chi connectivity index (χ2v) is 5.73. The molecule has 0 aliphatic carbocycles. The van der Waals surface area contributed by atoms with E-state index in [-0.39, 0.29) is 0 Å². The number of hydrogen-bond acceptors (Lipinski definition) is 6. The van der Waals surface area contributed by atoms with Gasteiger partial charge in [0, 0.05) is 6.92 Å². The minimum absolute atomic E-state index is 0.475. The largest absolute Gasteiger partial charge is 0.508 e. The van der Waals surface area contributed by atoms with Crippen LogP contribution in [0.5, 0.6) is 0 Å². The highest BCUT2D eigenvalue weighted by Crippen LogP contribution is 2.52. The number of hydrogen-bond donors (Lipinski definition) is 0. The van der Waals surface area contributed by atoms with Gasteiger partial charge in [-0.05, 0) is 0 Å². The molecule has 0 unspecified atom stereocenters. The second-order valence-electron chi connectivity index (χ2n) is 5.73. The molecule has 0 aromatic carbocycles. The predicted molar refractivity (Wildman–Crippen MR) is 66.9 cm³/mol. The van der Waals surface area contributed by atoms with Crippen molar-refractivity contribution in [1.29, 1.82) is 0 Å². The molecule has 0 saturated carbocycles. The van der Waals surface area contributed by atoms with Crippen LogP contribution in [0.3, 0.4) is 0 Å². The van der Waals surface area contributed by atoms with Gasteiger partial charge in [0.25, 0.3) is 0 Å². The Bertz CT molecular complexity index is 718. The zero-order valence-corrected chi connectivity index (χ0v) is 15.7. The van der Waals surface area contributed by atoms with Gasteiger partial charge >= 0.3 is 54.7 Å². The van der Waals surface area contributed by atoms with Crippen molar-refractivity contribution in [3.8, 4) is 0 Å². The molecule has 22 heteroatoms. The fourth-order valence-corrected chi connectivity index (χ4v) is 1.30. The molecule has 0 bridgehead atoms. The van der Waals surface area contributed by atoms with Crippen LogP contribution in [0.25, 0.3) is 0 Å². The molecule has 0 aliphatic rings. The maximum Gasteiger partial charge on any atom is 0.508 e. The first-order valence-electron chi connectivity index (χ1n) is 7.41. The van der Waals surface area contributed by atoms with Crippen LogP contribution in [0, 0.1) is 0 Å². The number of rotatable bonds is 12. The summed E-state index contributed by atoms with van der Waals surface area (Å²) in [5.41, 5.74) is 0. The van der Waals surface area contributed by atoms with E-state index >= 15 is 0 Å². The molecule has 0 rings (SSSR count). The maximum atomic E-state index is 13.2. The summed E-state index contributed by atoms with van der Waals surface area (Å²) in [7, 11) is 0.475. The number of halogens is 16. The zero-order valence-electron chi connectivity index (χ0n) is 15.7. The predicted octanol–water partition coefficient (Wildman–Crippen LogP) is 5.67. The normalized spacial score (nSPS) is 15.4. The molecule has 0 heterocycles. The van der Waals surface area contributed by atoms with E-state index in [4.69, 9.17) is 0 Å². The van der Waals surface area contributed by atoms with E-state index in [9.17, 15) is 75.0 Å². The molecule has 0 aliphatic heterocycles. The quantitative estimate of drug-likeness (QED) is 0.230. The van der Waals surface area contributed by atoms with Gasteiger partial charge in [0.15, 0.2) is 6.61 Å². The summed E-state index contributed by atoms with van der Waals surface area (Å²) in [6, 6.07) is 0. The van der Waals surface area contributed by atoms with Gasteiger partial charge in [0.2, 0.25) is 0 Å². The fourth-order valence-electron chi connectivity index (χ4n) is 1.30. The number of carbonyl (C=O) groups excluding carboxylic acids is 1. The van der Waals surface area contributed by atoms with Crippen molar-refractivity contribution in [2.24, 2.45) is 0 Å². The van der Waals surface area contributed by atoms with Gasteiger partial charge in [0.1, 0.15) is 0 Å². The Hall–Kier alpha value is -1.97. The SMILES string of the molecule is COC(=O)OCC(F)(F)OC(F)(F)C(F)(F)OC(F)(F)C(F)(F)OC(F)(F)C(F)(F)C(C)(F)F. The number of alkyl halides is 16. The van der Waals surface area contributed by atoms with E-state index in [1.807, 2.05) is 0 Å². The molecular formula is C12H8F16O6. The summed E-state index contributed by atoms with van der Waals surface area (Å²) >= 11 is 0. The second kappa shape index (κ2) is 9.24. The van der Waals surface area contributed by atoms with E-state index < -0.39 is 68.2 Å². The summed E-state index contributed by atoms with van der Waals surface area (Å²) in [5.74, 6) is -13.0. The van der Waals surface area contributed by atoms with Crippen LogP contribution >= 0.6 is 0 Å². The summed E-state index contributed by atoms with van der Waals surface area (Å²) < 4.78 is 220. The van der Waals surface area contributed by atoms with E-state index in [2.05, 4.69) is 14.2 Å². The Morgan fingerprint density at radius 1 is 0.588 bits per heavy atom. The average molecular weight is 552 g/mol. The molecule has 0 fully saturated rings. The molecule has 0 saturated heterocycles. The topological polar surface area (TPSA) is 63.2 Å². The van der Waals surface area contributed by atoms with Gasteiger partial charge in [-0.25, -0.2) is 19.0 Å². The number of ether oxygens (including phenoxy) is 5. The van der Waals surface area contributed by atoms with Gasteiger partial charge < -0.3 is 9.47 Å². The van der Waals surface area contributed by atoms with Crippen molar-refractivity contribution >= 4 is 6.16 Å². The highest BCUT2D eigenvalue weighted by atomic mass is 19.4. The van der Waals surface area contributed by atoms with Gasteiger partial charge in [-0.1, -0.05) is 0 Å². The summed E-state index contributed by atoms with van der Waals surface area (Å²) in [6.45, 7) is -3.71. The van der Waals surface area contributed by atoms with Crippen LogP contribution < -0.4 is 0 Å². The maximum absolute atomic E-state index is 13.2. The van der Waals surface area contributed by atoms with Gasteiger partial charge in [-0.15, -0.1) is 0 Å². The van der Waals surface area contributed by atoms with E-state index in [1.54, 1.807) is 4.74 Å². The highest BCUT2D eigenvalue weighted by molar-refractivity contribution is 5.59. The third kappa shape index (κ3) is 7.02. The van der Waals surface area contributed by atoms with Crippen LogP contribution in [0.15, 0.2) is 0 Å². The molecule has 0 N–H and O–H groups in total. The van der Waals surface area contributed by atoms with Gasteiger partial charge in [-0.2, -0.15) is 70.2 Å². The summed E-state index contributed by atoms with van der Waals surface area (Å²) in [6.07, 6.45) is -44.5. The minimum atomic E-state index is -7.52. The van der Waals surface area contributed by atoms with E-state index in [1.165, 1.54) is 4.74 Å². The molecule has 0 spiro atoms. The first-order valence-corrected chi connectivity index (χ1v) is 7.41. The third-order valence-corrected chi connectivity index (χ3v) is 2.91. The summed E-state index contributed by atoms with van der Waals surface area (Å²) in [4.78, 5) is 10.4. The Labute approximate surface area is 175 Å². The van der Waals surface area contributed by atoms with Crippen LogP contribution in [0.4, 0.5) is 75.0 Å². The Balaban J connectivity index is 5.79. The van der Waals surface area contributed by atoms with Crippen molar-refractivity contribution in [3.05, 3.63) is 0 Å². The number of methoxy groups -OCH3 is 1. The first-order chi connectivity index (χ1) is 14.6. The van der Waals surface area contributed by atoms with Crippen molar-refractivity contribution in [1.82, 2.24) is 0 Å². The number of carbonyl (C=O) groups is 1. The van der Waals surface area contributed by atoms with Crippen LogP contribution in [-0.2, 0) is 23.7 Å². The lowest BCUT2D eigenvalue weighted by atomic mass is 10.2. The minimum Gasteiger partial charge on any atom is -0.438 e. The van der Waals surface area contributed by atoms with Gasteiger partial charge in [-0.3, -0.25) is 0 Å². The van der Waals surface area contributed by atoms with Crippen LogP contribution in [0.1, 0.15) is 6.92 Å². The molecular weight excluding hydrogens is 544 g/mol. The lowest BCUT2D eigenvalue weighted by molar-refractivity contribution is -0.566. The molecule has 34 heavy (non-hydrogen) atoms. The standard InChI is InChI=1S/C12H8F16O6/c1-5(13,14)7(17,18)8(19,20)33-11(25,26)12(27,28)34-10(23,24)9(21,22)32-6(15,16)3-31-4(29)30-2/h3H2,1-2H3. The average Bonchev–Trinajstić information content (AvgIpc) is 2.55. The van der Waals surface area contributed by atoms with E-state index in [0.29, 0.717) is 7.11 Å². The van der Waals surface area contributed by atoms with Crippen molar-refractivity contribution in [2.45, 2.75) is 55.4 Å². The van der Waals surface area contributed by atoms with Crippen molar-refractivity contribution in [3.63, 3.8) is 0 Å². The molecule has 0 amide bonds. The lowest BCUT2D eigenvalue weighted by Crippen LogP contribution is -2.61. The monoisotopic (exact) mass is 552 g/mol. The Morgan fingerprint density at radius 2 is 0.912 bits per heavy atom. The molecule has 6 nitrogen and oxygen atoms in total. The smallest absolute Gasteiger partial charge is 0.438 e. The van der Waals surface area contributed by atoms with Crippen LogP contribution in [-0.4, -0.2) is 68.4 Å². The van der Waals surface area contributed by atoms with Crippen LogP contribution in [0.2, 0.25) is 0 Å². The molecule has 0 radical (unpaired) electrons.